The van der Waals surface area contributed by atoms with Crippen molar-refractivity contribution in [2.45, 2.75) is 39.3 Å². The van der Waals surface area contributed by atoms with Crippen molar-refractivity contribution in [3.63, 3.8) is 0 Å². The van der Waals surface area contributed by atoms with E-state index in [1.165, 1.54) is 0 Å². The van der Waals surface area contributed by atoms with Crippen molar-refractivity contribution in [1.29, 1.82) is 0 Å². The molecule has 1 aliphatic heterocycles. The number of ether oxygens (including phenoxy) is 1. The van der Waals surface area contributed by atoms with Gasteiger partial charge in [0.25, 0.3) is 0 Å². The number of hydrogen-bond donors (Lipinski definition) is 1. The van der Waals surface area contributed by atoms with Crippen LogP contribution in [0.1, 0.15) is 27.2 Å². The fraction of sp³-hybridized carbons (Fsp3) is 0.818. The molecule has 2 atom stereocenters. The van der Waals surface area contributed by atoms with Crippen LogP contribution in [-0.2, 0) is 14.3 Å². The van der Waals surface area contributed by atoms with Crippen LogP contribution in [0.2, 0.25) is 0 Å². The van der Waals surface area contributed by atoms with Gasteiger partial charge in [0.2, 0.25) is 5.91 Å². The van der Waals surface area contributed by atoms with Crippen LogP contribution in [0.5, 0.6) is 0 Å². The van der Waals surface area contributed by atoms with Crippen molar-refractivity contribution in [2.75, 3.05) is 19.7 Å². The van der Waals surface area contributed by atoms with E-state index in [4.69, 9.17) is 4.74 Å². The molecule has 0 aromatic heterocycles. The maximum absolute atomic E-state index is 11.6. The SMILES string of the molecule is CCOC(=O)C(C)N1CCNC(=O)C1CC. The number of hydrogen-bond acceptors (Lipinski definition) is 4. The second kappa shape index (κ2) is 5.84. The molecule has 1 N–H and O–H groups in total. The maximum atomic E-state index is 11.6. The zero-order valence-corrected chi connectivity index (χ0v) is 10.2. The lowest BCUT2D eigenvalue weighted by molar-refractivity contribution is -0.151. The van der Waals surface area contributed by atoms with E-state index in [0.29, 0.717) is 26.1 Å². The molecule has 0 saturated carbocycles. The lowest BCUT2D eigenvalue weighted by Gasteiger charge is -2.37. The first-order valence-electron chi connectivity index (χ1n) is 5.81. The van der Waals surface area contributed by atoms with Gasteiger partial charge in [-0.25, -0.2) is 0 Å². The van der Waals surface area contributed by atoms with Crippen molar-refractivity contribution >= 4 is 11.9 Å². The van der Waals surface area contributed by atoms with Crippen molar-refractivity contribution in [1.82, 2.24) is 10.2 Å². The quantitative estimate of drug-likeness (QED) is 0.696. The van der Waals surface area contributed by atoms with Crippen LogP contribution in [0.4, 0.5) is 0 Å². The average molecular weight is 228 g/mol. The zero-order chi connectivity index (χ0) is 12.1. The van der Waals surface area contributed by atoms with Gasteiger partial charge in [-0.1, -0.05) is 6.92 Å². The summed E-state index contributed by atoms with van der Waals surface area (Å²) in [7, 11) is 0. The highest BCUT2D eigenvalue weighted by molar-refractivity contribution is 5.84. The Hall–Kier alpha value is -1.10. The van der Waals surface area contributed by atoms with Crippen LogP contribution < -0.4 is 5.32 Å². The predicted octanol–water partition coefficient (Wildman–Crippen LogP) is 0.148. The Labute approximate surface area is 96.1 Å². The first-order valence-corrected chi connectivity index (χ1v) is 5.81. The Bertz CT molecular complexity index is 268. The van der Waals surface area contributed by atoms with Crippen LogP contribution in [0.25, 0.3) is 0 Å². The molecule has 92 valence electrons. The molecule has 0 aromatic carbocycles. The normalized spacial score (nSPS) is 23.7. The molecule has 1 saturated heterocycles. The minimum absolute atomic E-state index is 0.00454. The lowest BCUT2D eigenvalue weighted by Crippen LogP contribution is -2.59. The lowest BCUT2D eigenvalue weighted by atomic mass is 10.1. The van der Waals surface area contributed by atoms with Gasteiger partial charge in [0.1, 0.15) is 6.04 Å². The summed E-state index contributed by atoms with van der Waals surface area (Å²) in [6, 6.07) is -0.566. The zero-order valence-electron chi connectivity index (χ0n) is 10.2. The van der Waals surface area contributed by atoms with Crippen LogP contribution in [0.3, 0.4) is 0 Å². The molecule has 0 radical (unpaired) electrons. The molecule has 1 heterocycles. The van der Waals surface area contributed by atoms with E-state index in [2.05, 4.69) is 5.32 Å². The number of carbonyl (C=O) groups excluding carboxylic acids is 2. The summed E-state index contributed by atoms with van der Waals surface area (Å²) < 4.78 is 4.97. The fourth-order valence-electron chi connectivity index (χ4n) is 2.01. The second-order valence-electron chi connectivity index (χ2n) is 3.88. The summed E-state index contributed by atoms with van der Waals surface area (Å²) in [5, 5.41) is 2.81. The minimum atomic E-state index is -0.351. The first-order chi connectivity index (χ1) is 7.61. The number of esters is 1. The summed E-state index contributed by atoms with van der Waals surface area (Å²) in [6.45, 7) is 7.19. The van der Waals surface area contributed by atoms with Gasteiger partial charge in [0, 0.05) is 13.1 Å². The van der Waals surface area contributed by atoms with Gasteiger partial charge in [-0.15, -0.1) is 0 Å². The largest absolute Gasteiger partial charge is 0.465 e. The van der Waals surface area contributed by atoms with Gasteiger partial charge in [0.05, 0.1) is 12.6 Å². The van der Waals surface area contributed by atoms with Crippen molar-refractivity contribution in [3.05, 3.63) is 0 Å². The molecular weight excluding hydrogens is 208 g/mol. The van der Waals surface area contributed by atoms with Crippen molar-refractivity contribution in [3.8, 4) is 0 Å². The van der Waals surface area contributed by atoms with E-state index >= 15 is 0 Å². The van der Waals surface area contributed by atoms with Gasteiger partial charge >= 0.3 is 5.97 Å². The molecule has 0 spiro atoms. The molecule has 1 amide bonds. The van der Waals surface area contributed by atoms with Gasteiger partial charge in [0.15, 0.2) is 0 Å². The standard InChI is InChI=1S/C11H20N2O3/c1-4-9-10(14)12-6-7-13(9)8(3)11(15)16-5-2/h8-9H,4-7H2,1-3H3,(H,12,14). The van der Waals surface area contributed by atoms with E-state index in [1.807, 2.05) is 11.8 Å². The minimum Gasteiger partial charge on any atom is -0.465 e. The molecule has 1 rings (SSSR count). The Morgan fingerprint density at radius 2 is 2.31 bits per heavy atom. The highest BCUT2D eigenvalue weighted by Gasteiger charge is 2.34. The van der Waals surface area contributed by atoms with Gasteiger partial charge < -0.3 is 10.1 Å². The molecule has 5 heteroatoms. The Kier molecular flexibility index (Phi) is 4.73. The number of piperazine rings is 1. The predicted molar refractivity (Wildman–Crippen MR) is 59.9 cm³/mol. The van der Waals surface area contributed by atoms with E-state index in [-0.39, 0.29) is 24.0 Å². The third kappa shape index (κ3) is 2.72. The molecule has 1 aliphatic rings. The molecule has 16 heavy (non-hydrogen) atoms. The van der Waals surface area contributed by atoms with Crippen molar-refractivity contribution < 1.29 is 14.3 Å². The Morgan fingerprint density at radius 3 is 2.88 bits per heavy atom. The number of nitrogens with one attached hydrogen (secondary N) is 1. The first kappa shape index (κ1) is 13.0. The summed E-state index contributed by atoms with van der Waals surface area (Å²) in [5.41, 5.74) is 0. The molecule has 0 aliphatic carbocycles. The molecular formula is C11H20N2O3. The number of carbonyl (C=O) groups is 2. The van der Waals surface area contributed by atoms with Gasteiger partial charge in [-0.3, -0.25) is 14.5 Å². The monoisotopic (exact) mass is 228 g/mol. The molecule has 0 bridgehead atoms. The second-order valence-corrected chi connectivity index (χ2v) is 3.88. The Morgan fingerprint density at radius 1 is 1.62 bits per heavy atom. The van der Waals surface area contributed by atoms with Crippen LogP contribution in [0.15, 0.2) is 0 Å². The Balaban J connectivity index is 2.68. The topological polar surface area (TPSA) is 58.6 Å². The van der Waals surface area contributed by atoms with E-state index in [1.54, 1.807) is 13.8 Å². The summed E-state index contributed by atoms with van der Waals surface area (Å²) in [5.74, 6) is -0.249. The smallest absolute Gasteiger partial charge is 0.323 e. The van der Waals surface area contributed by atoms with Crippen molar-refractivity contribution in [2.24, 2.45) is 0 Å². The summed E-state index contributed by atoms with van der Waals surface area (Å²) in [6.07, 6.45) is 0.704. The van der Waals surface area contributed by atoms with Gasteiger partial charge in [-0.2, -0.15) is 0 Å². The fourth-order valence-corrected chi connectivity index (χ4v) is 2.01. The maximum Gasteiger partial charge on any atom is 0.323 e. The number of amides is 1. The van der Waals surface area contributed by atoms with Crippen LogP contribution in [-0.4, -0.2) is 48.6 Å². The average Bonchev–Trinajstić information content (AvgIpc) is 2.28. The molecule has 2 unspecified atom stereocenters. The highest BCUT2D eigenvalue weighted by atomic mass is 16.5. The van der Waals surface area contributed by atoms with Crippen LogP contribution in [0, 0.1) is 0 Å². The summed E-state index contributed by atoms with van der Waals surface area (Å²) >= 11 is 0. The van der Waals surface area contributed by atoms with E-state index in [0.717, 1.165) is 0 Å². The third-order valence-electron chi connectivity index (χ3n) is 2.88. The summed E-state index contributed by atoms with van der Waals surface area (Å²) in [4.78, 5) is 25.1. The number of rotatable bonds is 4. The van der Waals surface area contributed by atoms with Gasteiger partial charge in [-0.05, 0) is 20.3 Å². The molecule has 5 nitrogen and oxygen atoms in total. The van der Waals surface area contributed by atoms with Crippen LogP contribution >= 0.6 is 0 Å². The number of nitrogens with zero attached hydrogens (tertiary/aromatic N) is 1. The molecule has 0 aromatic rings. The van der Waals surface area contributed by atoms with E-state index in [9.17, 15) is 9.59 Å². The third-order valence-corrected chi connectivity index (χ3v) is 2.88. The van der Waals surface area contributed by atoms with E-state index < -0.39 is 0 Å². The molecule has 1 fully saturated rings. The highest BCUT2D eigenvalue weighted by Crippen LogP contribution is 2.13.